The second-order valence-electron chi connectivity index (χ2n) is 22.9. The van der Waals surface area contributed by atoms with Gasteiger partial charge in [0.25, 0.3) is 7.82 Å². The van der Waals surface area contributed by atoms with Crippen molar-refractivity contribution in [3.8, 4) is 0 Å². The Labute approximate surface area is 476 Å². The summed E-state index contributed by atoms with van der Waals surface area (Å²) >= 11 is 0. The maximum atomic E-state index is 13.5. The zero-order valence-corrected chi connectivity index (χ0v) is 52.0. The van der Waals surface area contributed by atoms with Crippen LogP contribution < -0.4 is 10.2 Å². The largest absolute Gasteiger partial charge is 0.756 e. The molecule has 0 aromatic rings. The highest BCUT2D eigenvalue weighted by atomic mass is 31.2. The van der Waals surface area contributed by atoms with Crippen LogP contribution in [0.15, 0.2) is 72.9 Å². The van der Waals surface area contributed by atoms with E-state index in [9.17, 15) is 19.0 Å². The number of nitrogens with one attached hydrogen (secondary N) is 1. The van der Waals surface area contributed by atoms with Crippen LogP contribution in [0, 0.1) is 0 Å². The van der Waals surface area contributed by atoms with Gasteiger partial charge in [-0.3, -0.25) is 14.2 Å². The van der Waals surface area contributed by atoms with Crippen molar-refractivity contribution in [3.05, 3.63) is 72.9 Å². The first-order valence-corrected chi connectivity index (χ1v) is 33.7. The highest BCUT2D eigenvalue weighted by Crippen LogP contribution is 2.38. The number of hydrogen-bond donors (Lipinski definition) is 1. The van der Waals surface area contributed by atoms with Crippen LogP contribution >= 0.6 is 7.82 Å². The van der Waals surface area contributed by atoms with Crippen molar-refractivity contribution in [2.45, 2.75) is 303 Å². The van der Waals surface area contributed by atoms with Crippen LogP contribution in [0.5, 0.6) is 0 Å². The van der Waals surface area contributed by atoms with E-state index in [0.29, 0.717) is 17.4 Å². The Morgan fingerprint density at radius 2 is 0.831 bits per heavy atom. The Morgan fingerprint density at radius 1 is 0.468 bits per heavy atom. The summed E-state index contributed by atoms with van der Waals surface area (Å²) < 4.78 is 30.3. The van der Waals surface area contributed by atoms with Crippen molar-refractivity contribution in [1.82, 2.24) is 5.32 Å². The molecular weight excluding hydrogens is 976 g/mol. The molecule has 0 fully saturated rings. The topological polar surface area (TPSA) is 114 Å². The number of carbonyl (C=O) groups is 2. The highest BCUT2D eigenvalue weighted by Gasteiger charge is 2.27. The van der Waals surface area contributed by atoms with Gasteiger partial charge in [-0.25, -0.2) is 0 Å². The molecule has 448 valence electrons. The van der Waals surface area contributed by atoms with Gasteiger partial charge in [-0.15, -0.1) is 0 Å². The second-order valence-corrected chi connectivity index (χ2v) is 24.3. The SMILES string of the molecule is CC/C=C\C/C=C\C/C=C\C/C=C\C/C=C\CCCCCCCCCCCC(=O)NC(COP(=O)([O-])OCC[N+](C)(C)C)C(/C=C\CCCCCCCCCCC)OC(=O)CCCCCCCCCCCCCCCCC. The predicted molar refractivity (Wildman–Crippen MR) is 330 cm³/mol. The van der Waals surface area contributed by atoms with Crippen molar-refractivity contribution in [3.63, 3.8) is 0 Å². The van der Waals surface area contributed by atoms with Gasteiger partial charge in [-0.1, -0.05) is 274 Å². The summed E-state index contributed by atoms with van der Waals surface area (Å²) in [7, 11) is 1.18. The van der Waals surface area contributed by atoms with Gasteiger partial charge in [0.2, 0.25) is 5.91 Å². The van der Waals surface area contributed by atoms with Crippen LogP contribution in [-0.2, 0) is 27.9 Å². The van der Waals surface area contributed by atoms with E-state index < -0.39 is 26.6 Å². The molecule has 3 unspecified atom stereocenters. The van der Waals surface area contributed by atoms with Crippen LogP contribution in [0.3, 0.4) is 0 Å². The normalized spacial score (nSPS) is 14.1. The van der Waals surface area contributed by atoms with E-state index in [1.54, 1.807) is 0 Å². The summed E-state index contributed by atoms with van der Waals surface area (Å²) in [5, 5.41) is 3.03. The molecule has 0 saturated heterocycles. The molecule has 0 aromatic carbocycles. The highest BCUT2D eigenvalue weighted by molar-refractivity contribution is 7.45. The number of unbranched alkanes of at least 4 members (excludes halogenated alkanes) is 32. The standard InChI is InChI=1S/C67H123N2O7P/c1-7-10-13-16-19-22-25-27-29-30-31-32-33-34-35-36-37-38-40-41-44-47-50-53-56-59-66(70)68-64(63-75-77(72,73)74-62-61-69(4,5)6)65(58-55-52-49-46-43-24-21-18-15-12-9-3)76-67(71)60-57-54-51-48-45-42-39-28-26-23-20-17-14-11-8-2/h10,13,19,22,27,29,31-32,34-35,55,58,64-65H,7-9,11-12,14-18,20-21,23-26,28,30,33,36-54,56-57,59-63H2,1-6H3,(H-,68,70,72,73)/b13-10-,22-19-,29-27-,32-31-,35-34-,58-55-. The van der Waals surface area contributed by atoms with Crippen molar-refractivity contribution < 1.29 is 37.3 Å². The number of esters is 1. The molecule has 10 heteroatoms. The van der Waals surface area contributed by atoms with Crippen molar-refractivity contribution in [2.75, 3.05) is 40.9 Å². The van der Waals surface area contributed by atoms with Crippen molar-refractivity contribution in [1.29, 1.82) is 0 Å². The Bertz CT molecular complexity index is 1550. The molecule has 1 amide bonds. The lowest BCUT2D eigenvalue weighted by Gasteiger charge is -2.30. The fourth-order valence-corrected chi connectivity index (χ4v) is 9.92. The van der Waals surface area contributed by atoms with E-state index in [0.717, 1.165) is 103 Å². The molecule has 0 spiro atoms. The third-order valence-corrected chi connectivity index (χ3v) is 15.1. The number of ether oxygens (including phenoxy) is 1. The Balaban J connectivity index is 5.11. The molecule has 0 heterocycles. The second kappa shape index (κ2) is 56.7. The predicted octanol–water partition coefficient (Wildman–Crippen LogP) is 19.4. The van der Waals surface area contributed by atoms with E-state index in [2.05, 4.69) is 86.8 Å². The van der Waals surface area contributed by atoms with Crippen molar-refractivity contribution >= 4 is 19.7 Å². The maximum absolute atomic E-state index is 13.5. The molecule has 9 nitrogen and oxygen atoms in total. The number of phosphoric ester groups is 1. The molecule has 0 aliphatic carbocycles. The van der Waals surface area contributed by atoms with Crippen LogP contribution in [0.25, 0.3) is 0 Å². The Hall–Kier alpha value is -2.55. The smallest absolute Gasteiger partial charge is 0.306 e. The molecule has 3 atom stereocenters. The average Bonchev–Trinajstić information content (AvgIpc) is 3.39. The summed E-state index contributed by atoms with van der Waals surface area (Å²) in [6.45, 7) is 6.74. The maximum Gasteiger partial charge on any atom is 0.306 e. The molecule has 0 rings (SSSR count). The quantitative estimate of drug-likeness (QED) is 0.0212. The van der Waals surface area contributed by atoms with Gasteiger partial charge in [0, 0.05) is 12.8 Å². The van der Waals surface area contributed by atoms with E-state index in [-0.39, 0.29) is 24.9 Å². The Morgan fingerprint density at radius 3 is 1.25 bits per heavy atom. The molecule has 77 heavy (non-hydrogen) atoms. The number of likely N-dealkylation sites (N-methyl/N-ethyl adjacent to an activating group) is 1. The number of amides is 1. The van der Waals surface area contributed by atoms with Crippen LogP contribution in [0.4, 0.5) is 0 Å². The van der Waals surface area contributed by atoms with Crippen LogP contribution in [-0.4, -0.2) is 69.4 Å². The van der Waals surface area contributed by atoms with Gasteiger partial charge < -0.3 is 28.5 Å². The molecule has 0 radical (unpaired) electrons. The number of allylic oxidation sites excluding steroid dienone is 11. The van der Waals surface area contributed by atoms with Gasteiger partial charge in [-0.05, 0) is 76.7 Å². The van der Waals surface area contributed by atoms with E-state index in [4.69, 9.17) is 13.8 Å². The molecule has 0 saturated carbocycles. The minimum absolute atomic E-state index is 0.0244. The summed E-state index contributed by atoms with van der Waals surface area (Å²) in [4.78, 5) is 40.0. The first kappa shape index (κ1) is 74.5. The summed E-state index contributed by atoms with van der Waals surface area (Å²) in [6, 6.07) is -0.892. The van der Waals surface area contributed by atoms with E-state index >= 15 is 0 Å². The number of quaternary nitrogens is 1. The minimum Gasteiger partial charge on any atom is -0.756 e. The van der Waals surface area contributed by atoms with Crippen molar-refractivity contribution in [2.24, 2.45) is 0 Å². The van der Waals surface area contributed by atoms with Crippen LogP contribution in [0.1, 0.15) is 290 Å². The van der Waals surface area contributed by atoms with Gasteiger partial charge in [0.15, 0.2) is 0 Å². The van der Waals surface area contributed by atoms with Gasteiger partial charge in [0.05, 0.1) is 33.8 Å². The first-order valence-electron chi connectivity index (χ1n) is 32.2. The third-order valence-electron chi connectivity index (χ3n) is 14.2. The molecule has 0 aromatic heterocycles. The molecule has 0 bridgehead atoms. The molecule has 1 N–H and O–H groups in total. The van der Waals surface area contributed by atoms with Gasteiger partial charge in [-0.2, -0.15) is 0 Å². The number of phosphoric acid groups is 1. The molecule has 0 aliphatic rings. The molecular formula is C67H123N2O7P. The number of carbonyl (C=O) groups excluding carboxylic acids is 2. The zero-order chi connectivity index (χ0) is 56.4. The van der Waals surface area contributed by atoms with Gasteiger partial charge >= 0.3 is 5.97 Å². The zero-order valence-electron chi connectivity index (χ0n) is 51.2. The lowest BCUT2D eigenvalue weighted by atomic mass is 10.0. The number of rotatable bonds is 58. The molecule has 0 aliphatic heterocycles. The van der Waals surface area contributed by atoms with Gasteiger partial charge in [0.1, 0.15) is 19.3 Å². The summed E-state index contributed by atoms with van der Waals surface area (Å²) in [6.07, 6.45) is 73.0. The minimum atomic E-state index is -4.70. The van der Waals surface area contributed by atoms with E-state index in [1.165, 1.54) is 154 Å². The van der Waals surface area contributed by atoms with Crippen LogP contribution in [0.2, 0.25) is 0 Å². The Kier molecular flexibility index (Phi) is 54.8. The van der Waals surface area contributed by atoms with E-state index in [1.807, 2.05) is 33.3 Å². The summed E-state index contributed by atoms with van der Waals surface area (Å²) in [5.41, 5.74) is 0. The number of nitrogens with zero attached hydrogens (tertiary/aromatic N) is 1. The average molecular weight is 1100 g/mol. The fourth-order valence-electron chi connectivity index (χ4n) is 9.20. The lowest BCUT2D eigenvalue weighted by molar-refractivity contribution is -0.870. The fraction of sp³-hybridized carbons (Fsp3) is 0.791. The first-order chi connectivity index (χ1) is 37.4. The lowest BCUT2D eigenvalue weighted by Crippen LogP contribution is -2.47. The third kappa shape index (κ3) is 57.9. The summed E-state index contributed by atoms with van der Waals surface area (Å²) in [5.74, 6) is -0.542. The monoisotopic (exact) mass is 1100 g/mol. The number of hydrogen-bond acceptors (Lipinski definition) is 7.